The third kappa shape index (κ3) is 7.94. The number of carboxylic acid groups (broad SMARTS) is 2. The van der Waals surface area contributed by atoms with E-state index in [0.717, 1.165) is 28.1 Å². The van der Waals surface area contributed by atoms with E-state index in [1.165, 1.54) is 46.2 Å². The van der Waals surface area contributed by atoms with E-state index in [9.17, 15) is 33.8 Å². The molecular formula is C40H32ClFN6O7. The summed E-state index contributed by atoms with van der Waals surface area (Å²) in [5.74, 6) is -3.38. The molecule has 0 aliphatic carbocycles. The number of aliphatic carboxylic acids is 1. The molecule has 13 nitrogen and oxygen atoms in total. The van der Waals surface area contributed by atoms with E-state index in [0.29, 0.717) is 18.0 Å². The number of carbonyl (C=O) groups excluding carboxylic acids is 2. The second kappa shape index (κ2) is 15.7. The lowest BCUT2D eigenvalue weighted by atomic mass is 10.0. The van der Waals surface area contributed by atoms with Gasteiger partial charge in [0.1, 0.15) is 23.7 Å². The highest BCUT2D eigenvalue weighted by molar-refractivity contribution is 6.32. The number of nitrogens with one attached hydrogen (secondary N) is 1. The SMILES string of the molecule is O=C(O)c1ccccc1C(=O)NC/C=C/Cn1cc2c(-c3cccc(O[C@H]4C[C@@H](C(=O)O)N(C(=O)c5cnn(-c6ccc(F)cc6Cl)c5)C4)c3)cccc2n1. The van der Waals surface area contributed by atoms with Gasteiger partial charge in [-0.3, -0.25) is 14.3 Å². The summed E-state index contributed by atoms with van der Waals surface area (Å²) in [7, 11) is 0. The van der Waals surface area contributed by atoms with Crippen LogP contribution in [0.3, 0.4) is 0 Å². The number of halogens is 2. The number of benzene rings is 4. The van der Waals surface area contributed by atoms with Gasteiger partial charge in [-0.2, -0.15) is 10.2 Å². The van der Waals surface area contributed by atoms with Gasteiger partial charge in [0, 0.05) is 30.7 Å². The van der Waals surface area contributed by atoms with E-state index in [1.54, 1.807) is 29.0 Å². The first-order chi connectivity index (χ1) is 26.5. The average Bonchev–Trinajstić information content (AvgIpc) is 3.93. The Balaban J connectivity index is 1.01. The molecule has 3 N–H and O–H groups in total. The Morgan fingerprint density at radius 2 is 1.75 bits per heavy atom. The number of ether oxygens (including phenoxy) is 1. The summed E-state index contributed by atoms with van der Waals surface area (Å²) in [6, 6.07) is 21.8. The first kappa shape index (κ1) is 36.6. The maximum atomic E-state index is 13.6. The average molecular weight is 763 g/mol. The third-order valence-corrected chi connectivity index (χ3v) is 9.38. The molecule has 6 aromatic rings. The van der Waals surface area contributed by atoms with Gasteiger partial charge in [-0.25, -0.2) is 18.7 Å². The number of carbonyl (C=O) groups is 4. The zero-order chi connectivity index (χ0) is 38.6. The first-order valence-corrected chi connectivity index (χ1v) is 17.5. The fourth-order valence-corrected chi connectivity index (χ4v) is 6.74. The van der Waals surface area contributed by atoms with E-state index < -0.39 is 41.7 Å². The summed E-state index contributed by atoms with van der Waals surface area (Å²) in [5.41, 5.74) is 3.02. The molecule has 0 spiro atoms. The lowest BCUT2D eigenvalue weighted by molar-refractivity contribution is -0.141. The molecule has 55 heavy (non-hydrogen) atoms. The molecule has 15 heteroatoms. The number of amides is 2. The molecule has 0 unspecified atom stereocenters. The largest absolute Gasteiger partial charge is 0.488 e. The van der Waals surface area contributed by atoms with Crippen molar-refractivity contribution in [2.75, 3.05) is 13.1 Å². The highest BCUT2D eigenvalue weighted by Crippen LogP contribution is 2.32. The maximum absolute atomic E-state index is 13.6. The van der Waals surface area contributed by atoms with Crippen LogP contribution in [0.2, 0.25) is 5.02 Å². The predicted octanol–water partition coefficient (Wildman–Crippen LogP) is 6.11. The van der Waals surface area contributed by atoms with Crippen molar-refractivity contribution >= 4 is 46.3 Å². The van der Waals surface area contributed by atoms with Gasteiger partial charge in [-0.1, -0.05) is 60.2 Å². The summed E-state index contributed by atoms with van der Waals surface area (Å²) >= 11 is 6.16. The maximum Gasteiger partial charge on any atom is 0.336 e. The number of aromatic nitrogens is 4. The fourth-order valence-electron chi connectivity index (χ4n) is 6.49. The van der Waals surface area contributed by atoms with Gasteiger partial charge in [0.05, 0.1) is 52.2 Å². The van der Waals surface area contributed by atoms with Gasteiger partial charge in [0.25, 0.3) is 11.8 Å². The number of aromatic carboxylic acids is 1. The van der Waals surface area contributed by atoms with Crippen LogP contribution in [0.5, 0.6) is 5.75 Å². The molecule has 1 fully saturated rings. The Hall–Kier alpha value is -6.80. The Bertz CT molecular complexity index is 2480. The second-order valence-electron chi connectivity index (χ2n) is 12.7. The Morgan fingerprint density at radius 3 is 2.53 bits per heavy atom. The molecule has 1 saturated heterocycles. The van der Waals surface area contributed by atoms with E-state index in [2.05, 4.69) is 15.5 Å². The van der Waals surface area contributed by atoms with Crippen LogP contribution in [-0.2, 0) is 11.3 Å². The van der Waals surface area contributed by atoms with Gasteiger partial charge >= 0.3 is 11.9 Å². The van der Waals surface area contributed by atoms with Crippen LogP contribution in [0.25, 0.3) is 27.7 Å². The van der Waals surface area contributed by atoms with Gasteiger partial charge in [-0.15, -0.1) is 0 Å². The Morgan fingerprint density at radius 1 is 0.945 bits per heavy atom. The minimum absolute atomic E-state index is 0.0255. The molecule has 7 rings (SSSR count). The van der Waals surface area contributed by atoms with Gasteiger partial charge in [0.15, 0.2) is 0 Å². The van der Waals surface area contributed by atoms with Crippen molar-refractivity contribution in [1.82, 2.24) is 29.8 Å². The van der Waals surface area contributed by atoms with Crippen LogP contribution in [-0.4, -0.2) is 83.7 Å². The van der Waals surface area contributed by atoms with Crippen molar-refractivity contribution < 1.29 is 38.5 Å². The van der Waals surface area contributed by atoms with Crippen molar-refractivity contribution in [1.29, 1.82) is 0 Å². The Labute approximate surface area is 317 Å². The Kier molecular flexibility index (Phi) is 10.4. The van der Waals surface area contributed by atoms with Crippen LogP contribution >= 0.6 is 11.6 Å². The van der Waals surface area contributed by atoms with Crippen LogP contribution in [0.15, 0.2) is 116 Å². The topological polar surface area (TPSA) is 169 Å². The molecule has 1 aliphatic rings. The minimum atomic E-state index is -1.17. The summed E-state index contributed by atoms with van der Waals surface area (Å²) in [6.45, 7) is 0.641. The van der Waals surface area contributed by atoms with Gasteiger partial charge in [-0.05, 0) is 59.7 Å². The molecule has 278 valence electrons. The van der Waals surface area contributed by atoms with Crippen LogP contribution in [0.1, 0.15) is 37.5 Å². The van der Waals surface area contributed by atoms with E-state index in [1.807, 2.05) is 48.7 Å². The summed E-state index contributed by atoms with van der Waals surface area (Å²) < 4.78 is 22.9. The monoisotopic (exact) mass is 762 g/mol. The smallest absolute Gasteiger partial charge is 0.336 e. The van der Waals surface area contributed by atoms with Crippen molar-refractivity contribution in [3.8, 4) is 22.6 Å². The standard InChI is InChI=1S/C40H32ClFN6O7/c41-33-18-26(42)13-14-35(33)48-21-25(20-44-48)38(50)47-22-28(19-36(47)40(53)54)55-27-8-5-7-24(17-27)29-11-6-12-34-32(29)23-46(45-34)16-4-3-15-43-37(49)30-9-1-2-10-31(30)39(51)52/h1-14,17-18,20-21,23,28,36H,15-16,19,22H2,(H,43,49)(H,51,52)(H,53,54)/b4-3+/t28-,36-/m0/s1. The molecule has 2 aromatic heterocycles. The van der Waals surface area contributed by atoms with Crippen LogP contribution in [0.4, 0.5) is 4.39 Å². The van der Waals surface area contributed by atoms with Crippen LogP contribution in [0, 0.1) is 5.82 Å². The molecule has 4 aromatic carbocycles. The van der Waals surface area contributed by atoms with Crippen LogP contribution < -0.4 is 10.1 Å². The third-order valence-electron chi connectivity index (χ3n) is 9.08. The fraction of sp³-hybridized carbons (Fsp3) is 0.150. The van der Waals surface area contributed by atoms with Crippen molar-refractivity contribution in [3.05, 3.63) is 143 Å². The highest BCUT2D eigenvalue weighted by Gasteiger charge is 2.41. The van der Waals surface area contributed by atoms with Gasteiger partial charge in [0.2, 0.25) is 0 Å². The highest BCUT2D eigenvalue weighted by atomic mass is 35.5. The molecule has 2 atom stereocenters. The number of nitrogens with zero attached hydrogens (tertiary/aromatic N) is 5. The minimum Gasteiger partial charge on any atom is -0.488 e. The normalized spacial score (nSPS) is 15.4. The number of carboxylic acids is 2. The summed E-state index contributed by atoms with van der Waals surface area (Å²) in [5, 5.41) is 31.9. The first-order valence-electron chi connectivity index (χ1n) is 17.1. The molecule has 0 bridgehead atoms. The molecular weight excluding hydrogens is 731 g/mol. The summed E-state index contributed by atoms with van der Waals surface area (Å²) in [4.78, 5) is 51.0. The number of hydrogen-bond acceptors (Lipinski definition) is 7. The summed E-state index contributed by atoms with van der Waals surface area (Å²) in [6.07, 6.45) is 7.71. The van der Waals surface area contributed by atoms with Crippen molar-refractivity contribution in [3.63, 3.8) is 0 Å². The zero-order valence-electron chi connectivity index (χ0n) is 28.9. The quantitative estimate of drug-likeness (QED) is 0.125. The lowest BCUT2D eigenvalue weighted by Gasteiger charge is -2.20. The van der Waals surface area contributed by atoms with E-state index in [-0.39, 0.29) is 41.2 Å². The van der Waals surface area contributed by atoms with Gasteiger partial charge < -0.3 is 25.2 Å². The predicted molar refractivity (Wildman–Crippen MR) is 200 cm³/mol. The van der Waals surface area contributed by atoms with Crippen molar-refractivity contribution in [2.24, 2.45) is 0 Å². The lowest BCUT2D eigenvalue weighted by Crippen LogP contribution is -2.40. The molecule has 0 saturated carbocycles. The number of allylic oxidation sites excluding steroid dienone is 1. The number of rotatable bonds is 12. The van der Waals surface area contributed by atoms with E-state index in [4.69, 9.17) is 16.3 Å². The molecule has 3 heterocycles. The number of fused-ring (bicyclic) bond motifs is 1. The molecule has 1 aliphatic heterocycles. The molecule has 2 amide bonds. The van der Waals surface area contributed by atoms with E-state index >= 15 is 0 Å². The molecule has 0 radical (unpaired) electrons. The second-order valence-corrected chi connectivity index (χ2v) is 13.1. The number of likely N-dealkylation sites (tertiary alicyclic amines) is 1. The zero-order valence-corrected chi connectivity index (χ0v) is 29.6. The number of hydrogen-bond donors (Lipinski definition) is 3. The van der Waals surface area contributed by atoms with Crippen molar-refractivity contribution in [2.45, 2.75) is 25.1 Å².